The second-order valence-electron chi connectivity index (χ2n) is 6.23. The van der Waals surface area contributed by atoms with Crippen molar-refractivity contribution in [2.75, 3.05) is 33.4 Å². The topological polar surface area (TPSA) is 50.8 Å². The summed E-state index contributed by atoms with van der Waals surface area (Å²) in [6.07, 6.45) is -0.147. The van der Waals surface area contributed by atoms with E-state index >= 15 is 0 Å². The lowest BCUT2D eigenvalue weighted by Gasteiger charge is -2.32. The first-order valence-corrected chi connectivity index (χ1v) is 8.63. The summed E-state index contributed by atoms with van der Waals surface area (Å²) in [5.74, 6) is 0.448. The standard InChI is InChI=1S/C20H23FN2O3/c1-25-18-5-3-2-4-16(18)12-22-20(24)14-23-10-11-26-19(13-23)15-6-8-17(21)9-7-15/h2-9,19H,10-14H2,1H3,(H,22,24). The van der Waals surface area contributed by atoms with E-state index in [0.717, 1.165) is 16.9 Å². The molecule has 1 atom stereocenters. The van der Waals surface area contributed by atoms with Gasteiger partial charge in [0, 0.05) is 25.2 Å². The summed E-state index contributed by atoms with van der Waals surface area (Å²) in [7, 11) is 1.62. The number of nitrogens with zero attached hydrogens (tertiary/aromatic N) is 1. The van der Waals surface area contributed by atoms with Crippen LogP contribution in [0.2, 0.25) is 0 Å². The molecule has 6 heteroatoms. The Morgan fingerprint density at radius 3 is 2.81 bits per heavy atom. The molecule has 1 fully saturated rings. The molecule has 1 heterocycles. The number of benzene rings is 2. The minimum absolute atomic E-state index is 0.0457. The molecule has 26 heavy (non-hydrogen) atoms. The van der Waals surface area contributed by atoms with E-state index < -0.39 is 0 Å². The van der Waals surface area contributed by atoms with Gasteiger partial charge in [-0.1, -0.05) is 30.3 Å². The molecular formula is C20H23FN2O3. The molecule has 0 aromatic heterocycles. The highest BCUT2D eigenvalue weighted by atomic mass is 19.1. The number of nitrogens with one attached hydrogen (secondary N) is 1. The Balaban J connectivity index is 1.51. The van der Waals surface area contributed by atoms with Crippen LogP contribution in [0, 0.1) is 5.82 Å². The van der Waals surface area contributed by atoms with Crippen LogP contribution in [-0.2, 0) is 16.1 Å². The SMILES string of the molecule is COc1ccccc1CNC(=O)CN1CCOC(c2ccc(F)cc2)C1. The van der Waals surface area contributed by atoms with Gasteiger partial charge < -0.3 is 14.8 Å². The van der Waals surface area contributed by atoms with Crippen LogP contribution in [0.25, 0.3) is 0 Å². The van der Waals surface area contributed by atoms with Gasteiger partial charge in [0.25, 0.3) is 0 Å². The van der Waals surface area contributed by atoms with Gasteiger partial charge in [0.05, 0.1) is 26.4 Å². The Morgan fingerprint density at radius 2 is 2.04 bits per heavy atom. The molecule has 3 rings (SSSR count). The molecule has 138 valence electrons. The largest absolute Gasteiger partial charge is 0.496 e. The fraction of sp³-hybridized carbons (Fsp3) is 0.350. The monoisotopic (exact) mass is 358 g/mol. The lowest BCUT2D eigenvalue weighted by molar-refractivity contribution is -0.124. The Morgan fingerprint density at radius 1 is 1.27 bits per heavy atom. The summed E-state index contributed by atoms with van der Waals surface area (Å²) < 4.78 is 24.1. The Hall–Kier alpha value is -2.44. The number of para-hydroxylation sites is 1. The number of ether oxygens (including phenoxy) is 2. The third kappa shape index (κ3) is 4.80. The fourth-order valence-corrected chi connectivity index (χ4v) is 3.03. The van der Waals surface area contributed by atoms with Crippen LogP contribution >= 0.6 is 0 Å². The summed E-state index contributed by atoms with van der Waals surface area (Å²) >= 11 is 0. The molecule has 1 N–H and O–H groups in total. The van der Waals surface area contributed by atoms with Crippen molar-refractivity contribution in [3.8, 4) is 5.75 Å². The van der Waals surface area contributed by atoms with Crippen LogP contribution in [0.4, 0.5) is 4.39 Å². The third-order valence-electron chi connectivity index (χ3n) is 4.43. The molecule has 1 amide bonds. The van der Waals surface area contributed by atoms with Crippen LogP contribution in [0.5, 0.6) is 5.75 Å². The molecule has 2 aromatic carbocycles. The highest BCUT2D eigenvalue weighted by molar-refractivity contribution is 5.78. The minimum Gasteiger partial charge on any atom is -0.496 e. The van der Waals surface area contributed by atoms with Crippen LogP contribution in [0.3, 0.4) is 0 Å². The van der Waals surface area contributed by atoms with E-state index in [1.54, 1.807) is 19.2 Å². The fourth-order valence-electron chi connectivity index (χ4n) is 3.03. The normalized spacial score (nSPS) is 17.7. The zero-order chi connectivity index (χ0) is 18.4. The van der Waals surface area contributed by atoms with E-state index in [1.165, 1.54) is 12.1 Å². The highest BCUT2D eigenvalue weighted by Crippen LogP contribution is 2.22. The van der Waals surface area contributed by atoms with Gasteiger partial charge in [0.2, 0.25) is 5.91 Å². The highest BCUT2D eigenvalue weighted by Gasteiger charge is 2.23. The maximum Gasteiger partial charge on any atom is 0.234 e. The van der Waals surface area contributed by atoms with Gasteiger partial charge in [-0.25, -0.2) is 4.39 Å². The summed E-state index contributed by atoms with van der Waals surface area (Å²) in [5, 5.41) is 2.93. The van der Waals surface area contributed by atoms with Crippen molar-refractivity contribution in [1.29, 1.82) is 0 Å². The number of rotatable bonds is 6. The molecule has 0 aliphatic carbocycles. The number of morpholine rings is 1. The smallest absolute Gasteiger partial charge is 0.234 e. The third-order valence-corrected chi connectivity index (χ3v) is 4.43. The van der Waals surface area contributed by atoms with E-state index in [-0.39, 0.29) is 17.8 Å². The summed E-state index contributed by atoms with van der Waals surface area (Å²) in [6.45, 7) is 2.57. The van der Waals surface area contributed by atoms with Gasteiger partial charge in [-0.3, -0.25) is 9.69 Å². The van der Waals surface area contributed by atoms with E-state index in [9.17, 15) is 9.18 Å². The van der Waals surface area contributed by atoms with Crippen molar-refractivity contribution in [2.45, 2.75) is 12.6 Å². The molecule has 2 aromatic rings. The zero-order valence-corrected chi connectivity index (χ0v) is 14.8. The van der Waals surface area contributed by atoms with Gasteiger partial charge >= 0.3 is 0 Å². The maximum atomic E-state index is 13.1. The number of amides is 1. The second kappa shape index (κ2) is 8.78. The Kier molecular flexibility index (Phi) is 6.20. The minimum atomic E-state index is -0.267. The Bertz CT molecular complexity index is 736. The number of methoxy groups -OCH3 is 1. The van der Waals surface area contributed by atoms with Gasteiger partial charge in [0.1, 0.15) is 11.6 Å². The van der Waals surface area contributed by atoms with Crippen LogP contribution in [0.1, 0.15) is 17.2 Å². The first-order valence-electron chi connectivity index (χ1n) is 8.63. The molecule has 0 saturated carbocycles. The summed E-state index contributed by atoms with van der Waals surface area (Å²) in [4.78, 5) is 14.3. The zero-order valence-electron chi connectivity index (χ0n) is 14.8. The molecule has 0 spiro atoms. The molecule has 1 aliphatic heterocycles. The molecular weight excluding hydrogens is 335 g/mol. The van der Waals surface area contributed by atoms with Crippen molar-refractivity contribution in [2.24, 2.45) is 0 Å². The quantitative estimate of drug-likeness (QED) is 0.862. The van der Waals surface area contributed by atoms with Crippen LogP contribution in [-0.4, -0.2) is 44.2 Å². The van der Waals surface area contributed by atoms with Gasteiger partial charge in [-0.2, -0.15) is 0 Å². The Labute approximate surface area is 152 Å². The molecule has 0 radical (unpaired) electrons. The molecule has 0 bridgehead atoms. The lowest BCUT2D eigenvalue weighted by atomic mass is 10.1. The number of carbonyl (C=O) groups excluding carboxylic acids is 1. The van der Waals surface area contributed by atoms with E-state index in [0.29, 0.717) is 32.8 Å². The number of carbonyl (C=O) groups is 1. The van der Waals surface area contributed by atoms with Gasteiger partial charge in [-0.15, -0.1) is 0 Å². The van der Waals surface area contributed by atoms with E-state index in [4.69, 9.17) is 9.47 Å². The van der Waals surface area contributed by atoms with Gasteiger partial charge in [-0.05, 0) is 23.8 Å². The van der Waals surface area contributed by atoms with E-state index in [1.807, 2.05) is 24.3 Å². The molecule has 5 nitrogen and oxygen atoms in total. The predicted molar refractivity (Wildman–Crippen MR) is 96.4 cm³/mol. The number of halogens is 1. The van der Waals surface area contributed by atoms with Crippen LogP contribution < -0.4 is 10.1 Å². The number of hydrogen-bond acceptors (Lipinski definition) is 4. The molecule has 1 unspecified atom stereocenters. The lowest BCUT2D eigenvalue weighted by Crippen LogP contribution is -2.44. The average molecular weight is 358 g/mol. The maximum absolute atomic E-state index is 13.1. The first-order chi connectivity index (χ1) is 12.7. The summed E-state index contributed by atoms with van der Waals surface area (Å²) in [5.41, 5.74) is 1.86. The number of hydrogen-bond donors (Lipinski definition) is 1. The van der Waals surface area contributed by atoms with Crippen molar-refractivity contribution in [3.63, 3.8) is 0 Å². The second-order valence-corrected chi connectivity index (χ2v) is 6.23. The van der Waals surface area contributed by atoms with Crippen LogP contribution in [0.15, 0.2) is 48.5 Å². The van der Waals surface area contributed by atoms with Gasteiger partial charge in [0.15, 0.2) is 0 Å². The summed E-state index contributed by atoms with van der Waals surface area (Å²) in [6, 6.07) is 13.9. The van der Waals surface area contributed by atoms with Crippen molar-refractivity contribution in [1.82, 2.24) is 10.2 Å². The van der Waals surface area contributed by atoms with Crippen molar-refractivity contribution >= 4 is 5.91 Å². The van der Waals surface area contributed by atoms with Crippen molar-refractivity contribution < 1.29 is 18.7 Å². The van der Waals surface area contributed by atoms with Crippen molar-refractivity contribution in [3.05, 3.63) is 65.5 Å². The first kappa shape index (κ1) is 18.4. The molecule has 1 aliphatic rings. The van der Waals surface area contributed by atoms with E-state index in [2.05, 4.69) is 10.2 Å². The molecule has 1 saturated heterocycles. The predicted octanol–water partition coefficient (Wildman–Crippen LogP) is 2.52. The average Bonchev–Trinajstić information content (AvgIpc) is 2.67.